The molecule has 0 heterocycles. The van der Waals surface area contributed by atoms with Gasteiger partial charge in [-0.25, -0.2) is 0 Å². The minimum absolute atomic E-state index is 0.0261. The van der Waals surface area contributed by atoms with E-state index in [1.165, 1.54) is 32.4 Å². The van der Waals surface area contributed by atoms with Crippen molar-refractivity contribution < 1.29 is 14.5 Å². The van der Waals surface area contributed by atoms with Gasteiger partial charge in [0.25, 0.3) is 5.91 Å². The number of para-hydroxylation sites is 1. The van der Waals surface area contributed by atoms with Crippen LogP contribution in [0.3, 0.4) is 0 Å². The lowest BCUT2D eigenvalue weighted by Crippen LogP contribution is -2.18. The van der Waals surface area contributed by atoms with E-state index in [-0.39, 0.29) is 17.0 Å². The van der Waals surface area contributed by atoms with Gasteiger partial charge < -0.3 is 10.1 Å². The smallest absolute Gasteiger partial charge is 0.311 e. The van der Waals surface area contributed by atoms with E-state index in [4.69, 9.17) is 4.74 Å². The second-order valence-corrected chi connectivity index (χ2v) is 2.69. The van der Waals surface area contributed by atoms with Gasteiger partial charge in [0.05, 0.1) is 17.6 Å². The maximum Gasteiger partial charge on any atom is 0.311 e. The summed E-state index contributed by atoms with van der Waals surface area (Å²) < 4.78 is 4.86. The zero-order valence-corrected chi connectivity index (χ0v) is 10.3. The first-order valence-electron chi connectivity index (χ1n) is 5.15. The molecule has 0 unspecified atom stereocenters. The molecule has 1 rings (SSSR count). The molecule has 0 saturated carbocycles. The normalized spacial score (nSPS) is 8.71. The predicted octanol–water partition coefficient (Wildman–Crippen LogP) is 1.99. The zero-order valence-electron chi connectivity index (χ0n) is 10.3. The molecule has 1 aromatic carbocycles. The van der Waals surface area contributed by atoms with Gasteiger partial charge in [-0.15, -0.1) is 0 Å². The molecule has 0 fully saturated rings. The molecule has 1 amide bonds. The first kappa shape index (κ1) is 14.9. The van der Waals surface area contributed by atoms with Crippen molar-refractivity contribution in [1.82, 2.24) is 5.32 Å². The summed E-state index contributed by atoms with van der Waals surface area (Å²) in [6.07, 6.45) is 0. The van der Waals surface area contributed by atoms with Gasteiger partial charge in [0.1, 0.15) is 0 Å². The summed E-state index contributed by atoms with van der Waals surface area (Å²) in [5, 5.41) is 13.0. The Kier molecular flexibility index (Phi) is 6.32. The van der Waals surface area contributed by atoms with Gasteiger partial charge in [-0.05, 0) is 6.07 Å². The average molecular weight is 240 g/mol. The largest absolute Gasteiger partial charge is 0.490 e. The van der Waals surface area contributed by atoms with Crippen LogP contribution in [0.1, 0.15) is 24.2 Å². The van der Waals surface area contributed by atoms with Crippen molar-refractivity contribution in [3.05, 3.63) is 33.9 Å². The number of carbonyl (C=O) groups excluding carboxylic acids is 1. The van der Waals surface area contributed by atoms with Gasteiger partial charge >= 0.3 is 5.69 Å². The molecule has 0 saturated heterocycles. The summed E-state index contributed by atoms with van der Waals surface area (Å²) in [5.74, 6) is -0.447. The molecule has 6 heteroatoms. The highest BCUT2D eigenvalue weighted by Crippen LogP contribution is 2.30. The Morgan fingerprint density at radius 2 is 2.00 bits per heavy atom. The predicted molar refractivity (Wildman–Crippen MR) is 64.4 cm³/mol. The quantitative estimate of drug-likeness (QED) is 0.647. The van der Waals surface area contributed by atoms with Gasteiger partial charge in [0.15, 0.2) is 0 Å². The second-order valence-electron chi connectivity index (χ2n) is 2.69. The van der Waals surface area contributed by atoms with E-state index in [0.29, 0.717) is 0 Å². The monoisotopic (exact) mass is 240 g/mol. The number of rotatable bonds is 3. The topological polar surface area (TPSA) is 81.5 Å². The van der Waals surface area contributed by atoms with Crippen LogP contribution in [0.5, 0.6) is 5.75 Å². The zero-order chi connectivity index (χ0) is 13.4. The number of carbonyl (C=O) groups is 1. The number of nitro groups is 1. The maximum atomic E-state index is 11.4. The van der Waals surface area contributed by atoms with Crippen LogP contribution in [-0.4, -0.2) is 25.0 Å². The molecule has 0 aromatic heterocycles. The molecule has 0 radical (unpaired) electrons. The van der Waals surface area contributed by atoms with Crippen molar-refractivity contribution in [2.75, 3.05) is 14.2 Å². The Labute approximate surface area is 99.7 Å². The molecule has 0 spiro atoms. The third kappa shape index (κ3) is 3.44. The summed E-state index contributed by atoms with van der Waals surface area (Å²) >= 11 is 0. The highest BCUT2D eigenvalue weighted by molar-refractivity contribution is 5.98. The Morgan fingerprint density at radius 1 is 1.41 bits per heavy atom. The van der Waals surface area contributed by atoms with E-state index in [1.54, 1.807) is 0 Å². The van der Waals surface area contributed by atoms with Crippen LogP contribution in [0.4, 0.5) is 5.69 Å². The average Bonchev–Trinajstić information content (AvgIpc) is 2.38. The summed E-state index contributed by atoms with van der Waals surface area (Å²) in [7, 11) is 2.73. The van der Waals surface area contributed by atoms with Crippen molar-refractivity contribution in [2.24, 2.45) is 0 Å². The number of nitro benzene ring substituents is 1. The van der Waals surface area contributed by atoms with Crippen LogP contribution >= 0.6 is 0 Å². The Bertz CT molecular complexity index is 404. The number of nitrogens with one attached hydrogen (secondary N) is 1. The highest BCUT2D eigenvalue weighted by atomic mass is 16.6. The number of nitrogens with zero attached hydrogens (tertiary/aromatic N) is 1. The van der Waals surface area contributed by atoms with Gasteiger partial charge in [0.2, 0.25) is 5.75 Å². The van der Waals surface area contributed by atoms with Crippen LogP contribution in [0.25, 0.3) is 0 Å². The minimum atomic E-state index is -0.592. The van der Waals surface area contributed by atoms with Gasteiger partial charge in [0, 0.05) is 13.1 Å². The first-order chi connectivity index (χ1) is 8.11. The van der Waals surface area contributed by atoms with Gasteiger partial charge in [-0.1, -0.05) is 19.9 Å². The van der Waals surface area contributed by atoms with Crippen molar-refractivity contribution in [2.45, 2.75) is 13.8 Å². The molecule has 0 atom stereocenters. The fourth-order valence-corrected chi connectivity index (χ4v) is 1.20. The molecule has 17 heavy (non-hydrogen) atoms. The number of hydrogen-bond donors (Lipinski definition) is 1. The molecule has 0 aliphatic carbocycles. The van der Waals surface area contributed by atoms with Crippen molar-refractivity contribution in [3.63, 3.8) is 0 Å². The van der Waals surface area contributed by atoms with Crippen LogP contribution in [0.2, 0.25) is 0 Å². The molecular formula is C11H16N2O4. The van der Waals surface area contributed by atoms with Crippen LogP contribution in [-0.2, 0) is 0 Å². The summed E-state index contributed by atoms with van der Waals surface area (Å²) in [6.45, 7) is 4.00. The Hall–Kier alpha value is -2.11. The lowest BCUT2D eigenvalue weighted by atomic mass is 10.1. The summed E-state index contributed by atoms with van der Waals surface area (Å²) in [4.78, 5) is 21.4. The van der Waals surface area contributed by atoms with Crippen LogP contribution < -0.4 is 10.1 Å². The number of hydrogen-bond acceptors (Lipinski definition) is 4. The third-order valence-electron chi connectivity index (χ3n) is 1.87. The first-order valence-corrected chi connectivity index (χ1v) is 5.15. The third-order valence-corrected chi connectivity index (χ3v) is 1.87. The molecule has 1 aromatic rings. The van der Waals surface area contributed by atoms with Crippen LogP contribution in [0, 0.1) is 10.1 Å². The fraction of sp³-hybridized carbons (Fsp3) is 0.364. The maximum absolute atomic E-state index is 11.4. The highest BCUT2D eigenvalue weighted by Gasteiger charge is 2.21. The molecule has 0 bridgehead atoms. The van der Waals surface area contributed by atoms with Gasteiger partial charge in [-0.3, -0.25) is 14.9 Å². The Balaban J connectivity index is 0.00000121. The van der Waals surface area contributed by atoms with Crippen molar-refractivity contribution in [1.29, 1.82) is 0 Å². The fourth-order valence-electron chi connectivity index (χ4n) is 1.20. The lowest BCUT2D eigenvalue weighted by Gasteiger charge is -2.06. The SMILES string of the molecule is CC.CNC(=O)c1cccc([N+](=O)[O-])c1OC. The number of ether oxygens (including phenoxy) is 1. The lowest BCUT2D eigenvalue weighted by molar-refractivity contribution is -0.385. The molecule has 6 nitrogen and oxygen atoms in total. The second kappa shape index (κ2) is 7.21. The van der Waals surface area contributed by atoms with Crippen molar-refractivity contribution in [3.8, 4) is 5.75 Å². The molecular weight excluding hydrogens is 224 g/mol. The molecule has 1 N–H and O–H groups in total. The van der Waals surface area contributed by atoms with Crippen molar-refractivity contribution >= 4 is 11.6 Å². The van der Waals surface area contributed by atoms with Crippen LogP contribution in [0.15, 0.2) is 18.2 Å². The minimum Gasteiger partial charge on any atom is -0.490 e. The Morgan fingerprint density at radius 3 is 2.41 bits per heavy atom. The molecule has 0 aliphatic rings. The van der Waals surface area contributed by atoms with E-state index in [0.717, 1.165) is 0 Å². The molecule has 0 aliphatic heterocycles. The van der Waals surface area contributed by atoms with Gasteiger partial charge in [-0.2, -0.15) is 0 Å². The number of amides is 1. The van der Waals surface area contributed by atoms with E-state index in [2.05, 4.69) is 5.32 Å². The standard InChI is InChI=1S/C9H10N2O4.C2H6/c1-10-9(12)6-4-3-5-7(11(13)14)8(6)15-2;1-2/h3-5H,1-2H3,(H,10,12);1-2H3. The summed E-state index contributed by atoms with van der Waals surface area (Å²) in [5.41, 5.74) is -0.0761. The number of methoxy groups -OCH3 is 1. The molecule has 94 valence electrons. The number of benzene rings is 1. The van der Waals surface area contributed by atoms with E-state index in [9.17, 15) is 14.9 Å². The summed E-state index contributed by atoms with van der Waals surface area (Å²) in [6, 6.07) is 4.18. The van der Waals surface area contributed by atoms with E-state index in [1.807, 2.05) is 13.8 Å². The van der Waals surface area contributed by atoms with E-state index >= 15 is 0 Å². The van der Waals surface area contributed by atoms with E-state index < -0.39 is 10.8 Å².